The Morgan fingerprint density at radius 2 is 2.39 bits per heavy atom. The van der Waals surface area contributed by atoms with Gasteiger partial charge in [-0.05, 0) is 37.8 Å². The van der Waals surface area contributed by atoms with Gasteiger partial charge in [0.2, 0.25) is 5.89 Å². The van der Waals surface area contributed by atoms with Crippen LogP contribution in [0, 0.1) is 0 Å². The number of rotatable bonds is 5. The fourth-order valence-electron chi connectivity index (χ4n) is 3.15. The minimum Gasteiger partial charge on any atom is -0.418 e. The van der Waals surface area contributed by atoms with E-state index < -0.39 is 0 Å². The topological polar surface area (TPSA) is 72.9 Å². The summed E-state index contributed by atoms with van der Waals surface area (Å²) in [5, 5.41) is 14.7. The van der Waals surface area contributed by atoms with E-state index in [0.717, 1.165) is 24.4 Å². The van der Waals surface area contributed by atoms with Crippen LogP contribution in [0.5, 0.6) is 0 Å². The molecule has 0 saturated carbocycles. The second-order valence-electron chi connectivity index (χ2n) is 5.75. The molecule has 0 aromatic carbocycles. The first-order chi connectivity index (χ1) is 11.3. The van der Waals surface area contributed by atoms with Gasteiger partial charge in [-0.1, -0.05) is 6.07 Å². The van der Waals surface area contributed by atoms with Gasteiger partial charge in [-0.2, -0.15) is 5.10 Å². The first kappa shape index (κ1) is 14.5. The van der Waals surface area contributed by atoms with Crippen molar-refractivity contribution >= 4 is 11.3 Å². The SMILES string of the molecule is C[C@H](c1nnc(-c2cccs2)o1)N1CCC[C@@H]1Cn1cncn1. The monoisotopic (exact) mass is 330 g/mol. The summed E-state index contributed by atoms with van der Waals surface area (Å²) in [6.45, 7) is 4.01. The fourth-order valence-corrected chi connectivity index (χ4v) is 3.80. The van der Waals surface area contributed by atoms with Crippen LogP contribution in [0.1, 0.15) is 31.7 Å². The molecule has 3 aromatic rings. The molecule has 0 radical (unpaired) electrons. The zero-order valence-electron chi connectivity index (χ0n) is 12.9. The molecule has 1 saturated heterocycles. The molecule has 0 unspecified atom stereocenters. The van der Waals surface area contributed by atoms with Crippen molar-refractivity contribution in [2.75, 3.05) is 6.54 Å². The van der Waals surface area contributed by atoms with Gasteiger partial charge in [0.15, 0.2) is 0 Å². The van der Waals surface area contributed by atoms with Gasteiger partial charge < -0.3 is 4.42 Å². The molecule has 7 nitrogen and oxygen atoms in total. The molecule has 1 fully saturated rings. The van der Waals surface area contributed by atoms with E-state index in [1.807, 2.05) is 22.2 Å². The van der Waals surface area contributed by atoms with Crippen molar-refractivity contribution < 1.29 is 4.42 Å². The first-order valence-corrected chi connectivity index (χ1v) is 8.64. The van der Waals surface area contributed by atoms with Crippen molar-refractivity contribution in [2.24, 2.45) is 0 Å². The Morgan fingerprint density at radius 3 is 3.17 bits per heavy atom. The summed E-state index contributed by atoms with van der Waals surface area (Å²) in [6, 6.07) is 4.51. The molecule has 0 aliphatic carbocycles. The third kappa shape index (κ3) is 2.91. The van der Waals surface area contributed by atoms with Crippen LogP contribution in [0.4, 0.5) is 0 Å². The Kier molecular flexibility index (Phi) is 3.92. The highest BCUT2D eigenvalue weighted by atomic mass is 32.1. The maximum Gasteiger partial charge on any atom is 0.257 e. The molecule has 3 aromatic heterocycles. The number of thiophene rings is 1. The van der Waals surface area contributed by atoms with Crippen molar-refractivity contribution in [1.82, 2.24) is 29.9 Å². The van der Waals surface area contributed by atoms with E-state index in [1.54, 1.807) is 24.0 Å². The van der Waals surface area contributed by atoms with Crippen molar-refractivity contribution in [3.05, 3.63) is 36.1 Å². The molecule has 2 atom stereocenters. The van der Waals surface area contributed by atoms with E-state index >= 15 is 0 Å². The van der Waals surface area contributed by atoms with Crippen molar-refractivity contribution in [2.45, 2.75) is 38.4 Å². The number of hydrogen-bond acceptors (Lipinski definition) is 7. The van der Waals surface area contributed by atoms with Gasteiger partial charge in [0.25, 0.3) is 5.89 Å². The van der Waals surface area contributed by atoms with Crippen molar-refractivity contribution in [1.29, 1.82) is 0 Å². The third-order valence-corrected chi connectivity index (χ3v) is 5.17. The van der Waals surface area contributed by atoms with E-state index in [-0.39, 0.29) is 6.04 Å². The zero-order chi connectivity index (χ0) is 15.6. The standard InChI is InChI=1S/C15H18N6OS/c1-11(14-18-19-15(22-14)13-5-3-7-23-13)21-6-2-4-12(21)8-20-10-16-9-17-20/h3,5,7,9-12H,2,4,6,8H2,1H3/t11-,12-/m1/s1. The molecule has 120 valence electrons. The molecule has 0 amide bonds. The third-order valence-electron chi connectivity index (χ3n) is 4.31. The molecular weight excluding hydrogens is 312 g/mol. The molecule has 1 aliphatic heterocycles. The molecule has 4 rings (SSSR count). The summed E-state index contributed by atoms with van der Waals surface area (Å²) < 4.78 is 7.79. The predicted octanol–water partition coefficient (Wildman–Crippen LogP) is 2.62. The van der Waals surface area contributed by atoms with Gasteiger partial charge in [-0.15, -0.1) is 21.5 Å². The van der Waals surface area contributed by atoms with Gasteiger partial charge in [-0.3, -0.25) is 9.58 Å². The van der Waals surface area contributed by atoms with E-state index in [1.165, 1.54) is 6.42 Å². The van der Waals surface area contributed by atoms with E-state index in [4.69, 9.17) is 4.42 Å². The van der Waals surface area contributed by atoms with E-state index in [0.29, 0.717) is 17.8 Å². The number of nitrogens with zero attached hydrogens (tertiary/aromatic N) is 6. The number of hydrogen-bond donors (Lipinski definition) is 0. The van der Waals surface area contributed by atoms with Crippen molar-refractivity contribution in [3.8, 4) is 10.8 Å². The zero-order valence-corrected chi connectivity index (χ0v) is 13.7. The predicted molar refractivity (Wildman–Crippen MR) is 85.8 cm³/mol. The lowest BCUT2D eigenvalue weighted by Crippen LogP contribution is -2.35. The maximum atomic E-state index is 5.90. The Labute approximate surface area is 138 Å². The summed E-state index contributed by atoms with van der Waals surface area (Å²) in [5.41, 5.74) is 0. The Hall–Kier alpha value is -2.06. The first-order valence-electron chi connectivity index (χ1n) is 7.76. The summed E-state index contributed by atoms with van der Waals surface area (Å²) in [4.78, 5) is 7.45. The van der Waals surface area contributed by atoms with Crippen LogP contribution in [-0.4, -0.2) is 42.4 Å². The van der Waals surface area contributed by atoms with E-state index in [2.05, 4.69) is 32.1 Å². The summed E-state index contributed by atoms with van der Waals surface area (Å²) in [6.07, 6.45) is 5.67. The molecule has 23 heavy (non-hydrogen) atoms. The average molecular weight is 330 g/mol. The lowest BCUT2D eigenvalue weighted by atomic mass is 10.2. The van der Waals surface area contributed by atoms with Gasteiger partial charge in [0, 0.05) is 6.04 Å². The molecule has 8 heteroatoms. The van der Waals surface area contributed by atoms with Crippen LogP contribution in [0.25, 0.3) is 10.8 Å². The lowest BCUT2D eigenvalue weighted by molar-refractivity contribution is 0.152. The normalized spacial score (nSPS) is 20.1. The van der Waals surface area contributed by atoms with Crippen LogP contribution >= 0.6 is 11.3 Å². The number of aromatic nitrogens is 5. The van der Waals surface area contributed by atoms with Crippen LogP contribution in [0.15, 0.2) is 34.6 Å². The molecule has 0 N–H and O–H groups in total. The Morgan fingerprint density at radius 1 is 1.43 bits per heavy atom. The fraction of sp³-hybridized carbons (Fsp3) is 0.467. The highest BCUT2D eigenvalue weighted by molar-refractivity contribution is 7.13. The lowest BCUT2D eigenvalue weighted by Gasteiger charge is -2.28. The largest absolute Gasteiger partial charge is 0.418 e. The maximum absolute atomic E-state index is 5.90. The molecule has 1 aliphatic rings. The molecular formula is C15H18N6OS. The van der Waals surface area contributed by atoms with E-state index in [9.17, 15) is 0 Å². The second kappa shape index (κ2) is 6.21. The van der Waals surface area contributed by atoms with Crippen LogP contribution in [-0.2, 0) is 6.54 Å². The highest BCUT2D eigenvalue weighted by Crippen LogP contribution is 2.31. The molecule has 0 spiro atoms. The molecule has 4 heterocycles. The van der Waals surface area contributed by atoms with Gasteiger partial charge in [0.05, 0.1) is 17.5 Å². The van der Waals surface area contributed by atoms with Gasteiger partial charge in [-0.25, -0.2) is 4.98 Å². The quantitative estimate of drug-likeness (QED) is 0.716. The number of likely N-dealkylation sites (tertiary alicyclic amines) is 1. The Bertz CT molecular complexity index is 738. The summed E-state index contributed by atoms with van der Waals surface area (Å²) >= 11 is 1.61. The van der Waals surface area contributed by atoms with Crippen molar-refractivity contribution in [3.63, 3.8) is 0 Å². The minimum absolute atomic E-state index is 0.104. The second-order valence-corrected chi connectivity index (χ2v) is 6.70. The molecule has 0 bridgehead atoms. The summed E-state index contributed by atoms with van der Waals surface area (Å²) in [7, 11) is 0. The average Bonchev–Trinajstić information content (AvgIpc) is 3.33. The highest BCUT2D eigenvalue weighted by Gasteiger charge is 2.32. The van der Waals surface area contributed by atoms with Gasteiger partial charge in [0.1, 0.15) is 12.7 Å². The van der Waals surface area contributed by atoms with Gasteiger partial charge >= 0.3 is 0 Å². The van der Waals surface area contributed by atoms with Crippen LogP contribution < -0.4 is 0 Å². The smallest absolute Gasteiger partial charge is 0.257 e. The Balaban J connectivity index is 1.50. The van der Waals surface area contributed by atoms with Crippen LogP contribution in [0.2, 0.25) is 0 Å². The van der Waals surface area contributed by atoms with Crippen LogP contribution in [0.3, 0.4) is 0 Å². The summed E-state index contributed by atoms with van der Waals surface area (Å²) in [5.74, 6) is 1.28. The minimum atomic E-state index is 0.104.